The van der Waals surface area contributed by atoms with Crippen LogP contribution in [0, 0.1) is 0 Å². The highest BCUT2D eigenvalue weighted by atomic mass is 16.5. The predicted molar refractivity (Wildman–Crippen MR) is 273 cm³/mol. The van der Waals surface area contributed by atoms with Crippen molar-refractivity contribution in [1.29, 1.82) is 0 Å². The van der Waals surface area contributed by atoms with Crippen molar-refractivity contribution < 1.29 is 24.5 Å². The lowest BCUT2D eigenvalue weighted by molar-refractivity contribution is -0.143. The molecule has 0 heterocycles. The summed E-state index contributed by atoms with van der Waals surface area (Å²) in [6.45, 7) is 4.85. The Morgan fingerprint density at radius 1 is 0.444 bits per heavy atom. The number of amides is 1. The minimum Gasteiger partial charge on any atom is -0.466 e. The second-order valence-electron chi connectivity index (χ2n) is 18.9. The normalized spacial score (nSPS) is 12.9. The van der Waals surface area contributed by atoms with Gasteiger partial charge in [0, 0.05) is 12.8 Å². The zero-order valence-electron chi connectivity index (χ0n) is 42.1. The van der Waals surface area contributed by atoms with Crippen molar-refractivity contribution in [2.75, 3.05) is 13.2 Å². The molecule has 6 heteroatoms. The lowest BCUT2D eigenvalue weighted by Crippen LogP contribution is -2.45. The summed E-state index contributed by atoms with van der Waals surface area (Å²) < 4.78 is 5.47. The van der Waals surface area contributed by atoms with Gasteiger partial charge in [-0.2, -0.15) is 0 Å². The number of ether oxygens (including phenoxy) is 1. The van der Waals surface area contributed by atoms with Crippen molar-refractivity contribution in [2.24, 2.45) is 0 Å². The highest BCUT2D eigenvalue weighted by Gasteiger charge is 2.18. The highest BCUT2D eigenvalue weighted by Crippen LogP contribution is 2.16. The largest absolute Gasteiger partial charge is 0.466 e. The Labute approximate surface area is 392 Å². The van der Waals surface area contributed by atoms with E-state index in [1.54, 1.807) is 6.08 Å². The molecule has 0 rings (SSSR count). The van der Waals surface area contributed by atoms with Crippen LogP contribution in [-0.2, 0) is 14.3 Å². The fourth-order valence-corrected chi connectivity index (χ4v) is 8.37. The van der Waals surface area contributed by atoms with Crippen LogP contribution in [0.4, 0.5) is 0 Å². The molecule has 0 aliphatic heterocycles. The Hall–Kier alpha value is -1.92. The molecule has 6 nitrogen and oxygen atoms in total. The van der Waals surface area contributed by atoms with Crippen LogP contribution in [0.3, 0.4) is 0 Å². The van der Waals surface area contributed by atoms with Gasteiger partial charge in [0.1, 0.15) is 0 Å². The minimum atomic E-state index is -0.855. The number of carbonyl (C=O) groups excluding carboxylic acids is 2. The summed E-state index contributed by atoms with van der Waals surface area (Å²) in [5.41, 5.74) is 0. The molecule has 3 N–H and O–H groups in total. The summed E-state index contributed by atoms with van der Waals surface area (Å²) in [5.74, 6) is -0.102. The van der Waals surface area contributed by atoms with E-state index < -0.39 is 12.1 Å². The first-order valence-corrected chi connectivity index (χ1v) is 27.8. The van der Waals surface area contributed by atoms with Gasteiger partial charge in [0.25, 0.3) is 0 Å². The lowest BCUT2D eigenvalue weighted by atomic mass is 10.0. The van der Waals surface area contributed by atoms with E-state index in [9.17, 15) is 19.8 Å². The molecule has 0 aromatic rings. The number of unbranched alkanes of at least 4 members (excludes halogenated alkanes) is 36. The molecule has 0 radical (unpaired) electrons. The maximum atomic E-state index is 12.4. The Bertz CT molecular complexity index is 1020. The SMILES string of the molecule is CCCCCC/C=C\C/C=C\CCCCCCCCCC(=O)OCCCCCCCCCCCCCCC(=O)NC(CO)C(O)/C=C/CCCCCCCCCCCCCCCC. The maximum absolute atomic E-state index is 12.4. The molecule has 2 atom stereocenters. The van der Waals surface area contributed by atoms with Gasteiger partial charge in [0.05, 0.1) is 25.4 Å². The summed E-state index contributed by atoms with van der Waals surface area (Å²) in [5, 5.41) is 23.1. The van der Waals surface area contributed by atoms with E-state index in [2.05, 4.69) is 43.5 Å². The molecule has 2 unspecified atom stereocenters. The van der Waals surface area contributed by atoms with Gasteiger partial charge in [-0.15, -0.1) is 0 Å². The molecule has 0 aliphatic rings. The van der Waals surface area contributed by atoms with E-state index in [-0.39, 0.29) is 18.5 Å². The number of nitrogens with one attached hydrogen (secondary N) is 1. The summed E-state index contributed by atoms with van der Waals surface area (Å²) in [6.07, 6.45) is 64.3. The molecule has 0 fully saturated rings. The molecule has 0 saturated heterocycles. The zero-order valence-corrected chi connectivity index (χ0v) is 42.1. The van der Waals surface area contributed by atoms with Gasteiger partial charge in [-0.05, 0) is 64.2 Å². The number of rotatable bonds is 51. The summed E-state index contributed by atoms with van der Waals surface area (Å²) >= 11 is 0. The number of aliphatic hydroxyl groups excluding tert-OH is 2. The van der Waals surface area contributed by atoms with Crippen LogP contribution >= 0.6 is 0 Å². The van der Waals surface area contributed by atoms with Crippen LogP contribution in [0.1, 0.15) is 290 Å². The summed E-state index contributed by atoms with van der Waals surface area (Å²) in [7, 11) is 0. The number of allylic oxidation sites excluding steroid dienone is 5. The van der Waals surface area contributed by atoms with Crippen LogP contribution in [0.2, 0.25) is 0 Å². The number of hydrogen-bond donors (Lipinski definition) is 3. The second kappa shape index (κ2) is 52.7. The monoisotopic (exact) mass is 886 g/mol. The average molecular weight is 886 g/mol. The van der Waals surface area contributed by atoms with Crippen LogP contribution in [0.25, 0.3) is 0 Å². The van der Waals surface area contributed by atoms with Gasteiger partial charge < -0.3 is 20.3 Å². The summed E-state index contributed by atoms with van der Waals surface area (Å²) in [6, 6.07) is -0.640. The quantitative estimate of drug-likeness (QED) is 0.0321. The summed E-state index contributed by atoms with van der Waals surface area (Å²) in [4.78, 5) is 24.5. The third-order valence-corrected chi connectivity index (χ3v) is 12.7. The number of carbonyl (C=O) groups is 2. The zero-order chi connectivity index (χ0) is 45.8. The van der Waals surface area contributed by atoms with Crippen LogP contribution in [0.5, 0.6) is 0 Å². The highest BCUT2D eigenvalue weighted by molar-refractivity contribution is 5.76. The van der Waals surface area contributed by atoms with Gasteiger partial charge in [0.2, 0.25) is 5.91 Å². The molecule has 0 aromatic heterocycles. The van der Waals surface area contributed by atoms with Gasteiger partial charge in [-0.1, -0.05) is 249 Å². The average Bonchev–Trinajstić information content (AvgIpc) is 3.28. The topological polar surface area (TPSA) is 95.9 Å². The molecule has 63 heavy (non-hydrogen) atoms. The molecule has 0 saturated carbocycles. The van der Waals surface area contributed by atoms with Gasteiger partial charge in [-0.25, -0.2) is 0 Å². The molecule has 370 valence electrons. The molecule has 0 spiro atoms. The fraction of sp³-hybridized carbons (Fsp3) is 0.860. The molecular weight excluding hydrogens is 779 g/mol. The van der Waals surface area contributed by atoms with E-state index in [0.29, 0.717) is 19.4 Å². The number of aliphatic hydroxyl groups is 2. The van der Waals surface area contributed by atoms with E-state index in [4.69, 9.17) is 4.74 Å². The Kier molecular flexibility index (Phi) is 51.1. The smallest absolute Gasteiger partial charge is 0.305 e. The lowest BCUT2D eigenvalue weighted by Gasteiger charge is -2.20. The number of esters is 1. The third-order valence-electron chi connectivity index (χ3n) is 12.7. The van der Waals surface area contributed by atoms with E-state index in [1.165, 1.54) is 199 Å². The van der Waals surface area contributed by atoms with Crippen molar-refractivity contribution in [3.05, 3.63) is 36.5 Å². The second-order valence-corrected chi connectivity index (χ2v) is 18.9. The predicted octanol–water partition coefficient (Wildman–Crippen LogP) is 16.9. The van der Waals surface area contributed by atoms with Crippen molar-refractivity contribution in [2.45, 2.75) is 302 Å². The molecule has 1 amide bonds. The first kappa shape index (κ1) is 61.1. The van der Waals surface area contributed by atoms with Crippen molar-refractivity contribution in [3.63, 3.8) is 0 Å². The van der Waals surface area contributed by atoms with Crippen molar-refractivity contribution in [3.8, 4) is 0 Å². The molecule has 0 aromatic carbocycles. The van der Waals surface area contributed by atoms with Gasteiger partial charge >= 0.3 is 5.97 Å². The minimum absolute atomic E-state index is 0.0183. The Morgan fingerprint density at radius 2 is 0.794 bits per heavy atom. The van der Waals surface area contributed by atoms with E-state index >= 15 is 0 Å². The first-order chi connectivity index (χ1) is 31.0. The van der Waals surface area contributed by atoms with Gasteiger partial charge in [-0.3, -0.25) is 9.59 Å². The Morgan fingerprint density at radius 3 is 1.22 bits per heavy atom. The van der Waals surface area contributed by atoms with Gasteiger partial charge in [0.15, 0.2) is 0 Å². The standard InChI is InChI=1S/C57H107NO5/c1-3-5-7-9-11-13-15-17-19-21-22-24-26-31-35-39-43-47-51-57(62)63-52-48-44-40-36-32-28-27-30-34-38-42-46-50-56(61)58-54(53-59)55(60)49-45-41-37-33-29-25-23-20-18-16-14-12-10-8-6-4-2/h13,15,19,21,45,49,54-55,59-60H,3-12,14,16-18,20,22-44,46-48,50-53H2,1-2H3,(H,58,61)/b15-13-,21-19-,49-45+. The fourth-order valence-electron chi connectivity index (χ4n) is 8.37. The molecule has 0 bridgehead atoms. The van der Waals surface area contributed by atoms with Crippen molar-refractivity contribution >= 4 is 11.9 Å². The third kappa shape index (κ3) is 49.4. The van der Waals surface area contributed by atoms with E-state index in [0.717, 1.165) is 64.2 Å². The molecular formula is C57H107NO5. The van der Waals surface area contributed by atoms with Crippen molar-refractivity contribution in [1.82, 2.24) is 5.32 Å². The van der Waals surface area contributed by atoms with Crippen LogP contribution in [-0.4, -0.2) is 47.4 Å². The first-order valence-electron chi connectivity index (χ1n) is 27.8. The molecule has 0 aliphatic carbocycles. The Balaban J connectivity index is 3.49. The number of hydrogen-bond acceptors (Lipinski definition) is 5. The van der Waals surface area contributed by atoms with Crippen LogP contribution in [0.15, 0.2) is 36.5 Å². The van der Waals surface area contributed by atoms with E-state index in [1.807, 2.05) is 6.08 Å². The van der Waals surface area contributed by atoms with Crippen LogP contribution < -0.4 is 5.32 Å². The maximum Gasteiger partial charge on any atom is 0.305 e.